The molecule has 0 fully saturated rings. The minimum Gasteiger partial charge on any atom is -0.418 e. The van der Waals surface area contributed by atoms with Gasteiger partial charge in [-0.15, -0.1) is 0 Å². The number of hydrogen-bond donors (Lipinski definition) is 0. The van der Waals surface area contributed by atoms with Crippen LogP contribution in [0.2, 0.25) is 0 Å². The molecule has 8 rings (SSSR count). The van der Waals surface area contributed by atoms with E-state index >= 15 is 0 Å². The van der Waals surface area contributed by atoms with Crippen molar-refractivity contribution in [3.63, 3.8) is 0 Å². The first-order valence-corrected chi connectivity index (χ1v) is 28.6. The van der Waals surface area contributed by atoms with Gasteiger partial charge in [0.25, 0.3) is 0 Å². The molecular weight excluding hydrogens is 1050 g/mol. The summed E-state index contributed by atoms with van der Waals surface area (Å²) in [6.45, 7) is 2.86. The molecule has 0 aliphatic carbocycles. The molecule has 0 saturated carbocycles. The number of rotatable bonds is 14. The molecule has 17 heteroatoms. The Morgan fingerprint density at radius 1 is 0.274 bits per heavy atom. The molecule has 0 unspecified atom stereocenters. The van der Waals surface area contributed by atoms with Crippen molar-refractivity contribution < 1.29 is 51.6 Å². The van der Waals surface area contributed by atoms with Gasteiger partial charge in [-0.2, -0.15) is 10.5 Å². The third-order valence-corrected chi connectivity index (χ3v) is 20.4. The second kappa shape index (κ2) is 36.5. The molecule has 0 saturated heterocycles. The Labute approximate surface area is 441 Å². The smallest absolute Gasteiger partial charge is 0.418 e. The molecule has 2 nitrogen and oxygen atoms in total. The molecule has 0 bridgehead atoms. The van der Waals surface area contributed by atoms with Crippen molar-refractivity contribution in [3.8, 4) is 12.1 Å². The molecule has 0 amide bonds. The van der Waals surface area contributed by atoms with Gasteiger partial charge in [0, 0.05) is 13.8 Å². The molecule has 378 valence electrons. The minimum atomic E-state index is -6.00. The summed E-state index contributed by atoms with van der Waals surface area (Å²) in [5.74, 6) is 0. The van der Waals surface area contributed by atoms with Crippen LogP contribution >= 0.6 is 31.7 Å². The van der Waals surface area contributed by atoms with Gasteiger partial charge in [-0.05, 0) is 98.8 Å². The maximum Gasteiger partial charge on any atom is 2.00 e. The molecular formula is C56H54B2F8FeN2P4. The Morgan fingerprint density at radius 2 is 0.356 bits per heavy atom. The van der Waals surface area contributed by atoms with Crippen LogP contribution in [0.1, 0.15) is 13.8 Å². The van der Waals surface area contributed by atoms with E-state index in [4.69, 9.17) is 10.5 Å². The third kappa shape index (κ3) is 27.4. The molecule has 8 aromatic carbocycles. The summed E-state index contributed by atoms with van der Waals surface area (Å²) in [6.07, 6.45) is 4.83. The van der Waals surface area contributed by atoms with E-state index in [-0.39, 0.29) is 48.8 Å². The number of halogens is 8. The first kappa shape index (κ1) is 63.7. The van der Waals surface area contributed by atoms with Gasteiger partial charge < -0.3 is 34.5 Å². The van der Waals surface area contributed by atoms with Gasteiger partial charge in [0.2, 0.25) is 0 Å². The predicted octanol–water partition coefficient (Wildman–Crippen LogP) is 14.2. The zero-order valence-corrected chi connectivity index (χ0v) is 44.8. The summed E-state index contributed by atoms with van der Waals surface area (Å²) < 4.78 is 78.0. The zero-order valence-electron chi connectivity index (χ0n) is 40.1. The topological polar surface area (TPSA) is 47.6 Å². The summed E-state index contributed by atoms with van der Waals surface area (Å²) in [5, 5.41) is 26.4. The molecule has 0 N–H and O–H groups in total. The van der Waals surface area contributed by atoms with Crippen molar-refractivity contribution in [2.24, 2.45) is 0 Å². The fourth-order valence-corrected chi connectivity index (χ4v) is 17.6. The summed E-state index contributed by atoms with van der Waals surface area (Å²) >= 11 is 0. The predicted molar refractivity (Wildman–Crippen MR) is 299 cm³/mol. The second-order valence-electron chi connectivity index (χ2n) is 14.7. The van der Waals surface area contributed by atoms with Crippen LogP contribution in [0.4, 0.5) is 34.5 Å². The Kier molecular flexibility index (Phi) is 31.8. The Morgan fingerprint density at radius 3 is 0.438 bits per heavy atom. The first-order valence-electron chi connectivity index (χ1n) is 22.5. The van der Waals surface area contributed by atoms with E-state index in [2.05, 4.69) is 243 Å². The van der Waals surface area contributed by atoms with E-state index < -0.39 is 14.5 Å². The minimum absolute atomic E-state index is 0. The summed E-state index contributed by atoms with van der Waals surface area (Å²) in [6, 6.07) is 91.9. The largest absolute Gasteiger partial charge is 2.00 e. The monoisotopic (exact) mass is 1110 g/mol. The quantitative estimate of drug-likeness (QED) is 0.0619. The molecule has 0 radical (unpaired) electrons. The van der Waals surface area contributed by atoms with E-state index in [1.165, 1.54) is 80.9 Å². The van der Waals surface area contributed by atoms with Crippen molar-refractivity contribution in [2.45, 2.75) is 13.8 Å². The van der Waals surface area contributed by atoms with Gasteiger partial charge >= 0.3 is 31.6 Å². The van der Waals surface area contributed by atoms with Crippen molar-refractivity contribution >= 4 is 88.6 Å². The van der Waals surface area contributed by atoms with Gasteiger partial charge in [-0.25, -0.2) is 0 Å². The molecule has 0 atom stereocenters. The SMILES string of the molecule is CC#N.CC#N.F[B-](F)(F)F.F[B-](F)(F)F.[Fe+2].c1ccc(P(CCP(c2ccccc2)c2ccccc2)c2ccccc2)cc1.c1ccc(P(CCP(c2ccccc2)c2ccccc2)c2ccccc2)cc1. The van der Waals surface area contributed by atoms with Gasteiger partial charge in [-0.1, -0.05) is 243 Å². The van der Waals surface area contributed by atoms with Gasteiger partial charge in [0.1, 0.15) is 0 Å². The van der Waals surface area contributed by atoms with Gasteiger partial charge in [0.15, 0.2) is 0 Å². The maximum absolute atomic E-state index is 9.75. The van der Waals surface area contributed by atoms with E-state index in [0.29, 0.717) is 0 Å². The summed E-state index contributed by atoms with van der Waals surface area (Å²) in [5.41, 5.74) is 0. The number of nitriles is 2. The fourth-order valence-electron chi connectivity index (χ4n) is 6.89. The van der Waals surface area contributed by atoms with Crippen LogP contribution in [0.25, 0.3) is 0 Å². The summed E-state index contributed by atoms with van der Waals surface area (Å²) in [4.78, 5) is 0. The van der Waals surface area contributed by atoms with Crippen LogP contribution in [0.3, 0.4) is 0 Å². The van der Waals surface area contributed by atoms with E-state index in [1.807, 2.05) is 0 Å². The molecule has 73 heavy (non-hydrogen) atoms. The Bertz CT molecular complexity index is 2170. The van der Waals surface area contributed by atoms with Crippen LogP contribution in [-0.2, 0) is 17.1 Å². The van der Waals surface area contributed by atoms with Crippen LogP contribution in [0.5, 0.6) is 0 Å². The Balaban J connectivity index is 0.000000383. The second-order valence-corrected chi connectivity index (χ2v) is 24.1. The fraction of sp³-hybridized carbons (Fsp3) is 0.107. The van der Waals surface area contributed by atoms with Gasteiger partial charge in [0.05, 0.1) is 12.1 Å². The normalized spacial score (nSPS) is 10.4. The average molecular weight is 1110 g/mol. The van der Waals surface area contributed by atoms with Gasteiger partial charge in [-0.3, -0.25) is 0 Å². The summed E-state index contributed by atoms with van der Waals surface area (Å²) in [7, 11) is -13.4. The number of benzene rings is 8. The van der Waals surface area contributed by atoms with Crippen molar-refractivity contribution in [1.29, 1.82) is 10.5 Å². The van der Waals surface area contributed by atoms with Crippen LogP contribution in [-0.4, -0.2) is 39.2 Å². The molecule has 0 aliphatic rings. The number of nitrogens with zero attached hydrogens (tertiary/aromatic N) is 2. The zero-order chi connectivity index (χ0) is 52.5. The molecule has 0 aliphatic heterocycles. The standard InChI is InChI=1S/2C26H24P2.2C2H3N.2BF4.Fe/c2*1-5-13-23(14-6-1)27(24-15-7-2-8-16-24)21-22-28(25-17-9-3-10-18-25)26-19-11-4-12-20-26;2*1-2-3;2*2-1(3,4)5;/h2*1-20H,21-22H2;2*1H3;;;/q;;;;2*-1;+2. The van der Waals surface area contributed by atoms with Crippen LogP contribution in [0, 0.1) is 22.7 Å². The van der Waals surface area contributed by atoms with E-state index in [1.54, 1.807) is 12.1 Å². The van der Waals surface area contributed by atoms with Crippen molar-refractivity contribution in [1.82, 2.24) is 0 Å². The van der Waals surface area contributed by atoms with E-state index in [0.717, 1.165) is 0 Å². The molecule has 8 aromatic rings. The third-order valence-electron chi connectivity index (χ3n) is 9.64. The van der Waals surface area contributed by atoms with Crippen LogP contribution in [0.15, 0.2) is 243 Å². The van der Waals surface area contributed by atoms with Crippen LogP contribution < -0.4 is 42.4 Å². The molecule has 0 spiro atoms. The molecule has 0 aromatic heterocycles. The Hall–Kier alpha value is -5.45. The van der Waals surface area contributed by atoms with Crippen molar-refractivity contribution in [3.05, 3.63) is 243 Å². The maximum atomic E-state index is 9.75. The first-order chi connectivity index (χ1) is 34.7. The van der Waals surface area contributed by atoms with Crippen molar-refractivity contribution in [2.75, 3.05) is 24.6 Å². The van der Waals surface area contributed by atoms with E-state index in [9.17, 15) is 34.5 Å². The average Bonchev–Trinajstić information content (AvgIpc) is 3.38. The number of hydrogen-bond acceptors (Lipinski definition) is 2. The molecule has 0 heterocycles.